The van der Waals surface area contributed by atoms with Crippen LogP contribution in [-0.4, -0.2) is 46.1 Å². The lowest BCUT2D eigenvalue weighted by Gasteiger charge is -2.14. The van der Waals surface area contributed by atoms with E-state index >= 15 is 0 Å². The first kappa shape index (κ1) is 15.2. The van der Waals surface area contributed by atoms with Crippen molar-refractivity contribution >= 4 is 11.7 Å². The van der Waals surface area contributed by atoms with Crippen LogP contribution in [0, 0.1) is 17.0 Å². The van der Waals surface area contributed by atoms with Crippen molar-refractivity contribution in [1.82, 2.24) is 9.78 Å². The SMILES string of the molecule is COC(=O)C1(n2nc(OCCCO)c([N+](=O)[O-])c2C)CC1. The zero-order valence-corrected chi connectivity index (χ0v) is 11.9. The maximum Gasteiger partial charge on any atom is 0.353 e. The third kappa shape index (κ3) is 2.56. The molecule has 0 unspecified atom stereocenters. The quantitative estimate of drug-likeness (QED) is 0.337. The Hall–Kier alpha value is -2.16. The summed E-state index contributed by atoms with van der Waals surface area (Å²) in [5.74, 6) is -0.606. The zero-order valence-electron chi connectivity index (χ0n) is 11.9. The number of nitro groups is 1. The lowest BCUT2D eigenvalue weighted by Crippen LogP contribution is -2.30. The normalized spacial score (nSPS) is 15.6. The van der Waals surface area contributed by atoms with Crippen LogP contribution in [0.25, 0.3) is 0 Å². The fourth-order valence-corrected chi connectivity index (χ4v) is 2.24. The predicted octanol–water partition coefficient (Wildman–Crippen LogP) is 0.523. The highest BCUT2D eigenvalue weighted by Crippen LogP contribution is 2.47. The van der Waals surface area contributed by atoms with Crippen LogP contribution < -0.4 is 4.74 Å². The van der Waals surface area contributed by atoms with E-state index in [1.165, 1.54) is 18.7 Å². The van der Waals surface area contributed by atoms with Crippen molar-refractivity contribution in [2.45, 2.75) is 31.7 Å². The van der Waals surface area contributed by atoms with Gasteiger partial charge in [-0.1, -0.05) is 0 Å². The predicted molar refractivity (Wildman–Crippen MR) is 70.0 cm³/mol. The van der Waals surface area contributed by atoms with Gasteiger partial charge in [0.05, 0.1) is 18.6 Å². The molecule has 0 amide bonds. The second kappa shape index (κ2) is 5.68. The number of methoxy groups -OCH3 is 1. The van der Waals surface area contributed by atoms with Gasteiger partial charge in [-0.2, -0.15) is 0 Å². The summed E-state index contributed by atoms with van der Waals surface area (Å²) in [6, 6.07) is 0. The lowest BCUT2D eigenvalue weighted by atomic mass is 10.2. The summed E-state index contributed by atoms with van der Waals surface area (Å²) in [6.07, 6.45) is 1.38. The second-order valence-corrected chi connectivity index (χ2v) is 4.86. The number of hydrogen-bond acceptors (Lipinski definition) is 7. The molecule has 116 valence electrons. The van der Waals surface area contributed by atoms with E-state index in [0.717, 1.165) is 0 Å². The van der Waals surface area contributed by atoms with Crippen molar-refractivity contribution in [3.05, 3.63) is 15.8 Å². The van der Waals surface area contributed by atoms with Crippen molar-refractivity contribution < 1.29 is 24.3 Å². The fraction of sp³-hybridized carbons (Fsp3) is 0.667. The van der Waals surface area contributed by atoms with Crippen molar-refractivity contribution in [2.24, 2.45) is 0 Å². The van der Waals surface area contributed by atoms with E-state index in [0.29, 0.717) is 19.3 Å². The highest BCUT2D eigenvalue weighted by molar-refractivity contribution is 5.82. The van der Waals surface area contributed by atoms with E-state index in [4.69, 9.17) is 14.6 Å². The van der Waals surface area contributed by atoms with E-state index in [-0.39, 0.29) is 30.5 Å². The van der Waals surface area contributed by atoms with Gasteiger partial charge in [-0.3, -0.25) is 10.1 Å². The molecule has 1 aliphatic rings. The molecule has 21 heavy (non-hydrogen) atoms. The van der Waals surface area contributed by atoms with Crippen LogP contribution in [-0.2, 0) is 15.1 Å². The molecule has 9 heteroatoms. The van der Waals surface area contributed by atoms with Crippen LogP contribution in [0.1, 0.15) is 25.0 Å². The summed E-state index contributed by atoms with van der Waals surface area (Å²) in [6.45, 7) is 1.55. The van der Waals surface area contributed by atoms with Crippen molar-refractivity contribution in [2.75, 3.05) is 20.3 Å². The number of aliphatic hydroxyl groups is 1. The van der Waals surface area contributed by atoms with E-state index in [1.54, 1.807) is 0 Å². The Balaban J connectivity index is 2.38. The van der Waals surface area contributed by atoms with Crippen LogP contribution in [0.15, 0.2) is 0 Å². The van der Waals surface area contributed by atoms with Gasteiger partial charge in [0.25, 0.3) is 0 Å². The van der Waals surface area contributed by atoms with Gasteiger partial charge < -0.3 is 14.6 Å². The average molecular weight is 299 g/mol. The fourth-order valence-electron chi connectivity index (χ4n) is 2.24. The molecule has 0 spiro atoms. The molecule has 1 fully saturated rings. The summed E-state index contributed by atoms with van der Waals surface area (Å²) in [7, 11) is 1.27. The number of hydrogen-bond donors (Lipinski definition) is 1. The van der Waals surface area contributed by atoms with Gasteiger partial charge in [-0.15, -0.1) is 5.10 Å². The molecule has 1 aliphatic carbocycles. The highest BCUT2D eigenvalue weighted by atomic mass is 16.6. The summed E-state index contributed by atoms with van der Waals surface area (Å²) >= 11 is 0. The molecule has 1 saturated carbocycles. The van der Waals surface area contributed by atoms with Gasteiger partial charge in [0.1, 0.15) is 5.69 Å². The number of rotatable bonds is 7. The third-order valence-corrected chi connectivity index (χ3v) is 3.47. The maximum atomic E-state index is 11.9. The molecular formula is C12H17N3O6. The number of carbonyl (C=O) groups is 1. The Morgan fingerprint density at radius 2 is 2.24 bits per heavy atom. The smallest absolute Gasteiger partial charge is 0.353 e. The van der Waals surface area contributed by atoms with Gasteiger partial charge in [-0.25, -0.2) is 9.48 Å². The van der Waals surface area contributed by atoms with Crippen LogP contribution in [0.5, 0.6) is 5.88 Å². The number of aliphatic hydroxyl groups excluding tert-OH is 1. The van der Waals surface area contributed by atoms with Gasteiger partial charge in [0.15, 0.2) is 5.54 Å². The minimum Gasteiger partial charge on any atom is -0.472 e. The molecule has 1 heterocycles. The summed E-state index contributed by atoms with van der Waals surface area (Å²) < 4.78 is 11.3. The van der Waals surface area contributed by atoms with E-state index in [2.05, 4.69) is 5.10 Å². The Kier molecular flexibility index (Phi) is 4.12. The van der Waals surface area contributed by atoms with Crippen LogP contribution in [0.4, 0.5) is 5.69 Å². The molecule has 9 nitrogen and oxygen atoms in total. The van der Waals surface area contributed by atoms with E-state index < -0.39 is 16.4 Å². The van der Waals surface area contributed by atoms with E-state index in [9.17, 15) is 14.9 Å². The molecule has 0 saturated heterocycles. The largest absolute Gasteiger partial charge is 0.472 e. The summed E-state index contributed by atoms with van der Waals surface area (Å²) in [5.41, 5.74) is -0.965. The molecule has 0 radical (unpaired) electrons. The zero-order chi connectivity index (χ0) is 15.6. The molecule has 0 atom stereocenters. The summed E-state index contributed by atoms with van der Waals surface area (Å²) in [5, 5.41) is 24.0. The van der Waals surface area contributed by atoms with Gasteiger partial charge in [0.2, 0.25) is 0 Å². The van der Waals surface area contributed by atoms with Gasteiger partial charge in [0, 0.05) is 13.0 Å². The van der Waals surface area contributed by atoms with Gasteiger partial charge >= 0.3 is 17.5 Å². The number of carbonyl (C=O) groups excluding carboxylic acids is 1. The average Bonchev–Trinajstić information content (AvgIpc) is 3.18. The van der Waals surface area contributed by atoms with Crippen molar-refractivity contribution in [3.63, 3.8) is 0 Å². The first-order chi connectivity index (χ1) is 9.97. The second-order valence-electron chi connectivity index (χ2n) is 4.86. The van der Waals surface area contributed by atoms with Crippen LogP contribution in [0.3, 0.4) is 0 Å². The minimum atomic E-state index is -0.956. The number of ether oxygens (including phenoxy) is 2. The third-order valence-electron chi connectivity index (χ3n) is 3.47. The highest BCUT2D eigenvalue weighted by Gasteiger charge is 2.56. The molecule has 2 rings (SSSR count). The molecule has 1 aromatic rings. The van der Waals surface area contributed by atoms with Crippen molar-refractivity contribution in [3.8, 4) is 5.88 Å². The Bertz CT molecular complexity index is 564. The monoisotopic (exact) mass is 299 g/mol. The molecular weight excluding hydrogens is 282 g/mol. The van der Waals surface area contributed by atoms with Crippen LogP contribution in [0.2, 0.25) is 0 Å². The van der Waals surface area contributed by atoms with Gasteiger partial charge in [-0.05, 0) is 19.8 Å². The summed E-state index contributed by atoms with van der Waals surface area (Å²) in [4.78, 5) is 22.5. The molecule has 1 N–H and O–H groups in total. The number of nitrogens with zero attached hydrogens (tertiary/aromatic N) is 3. The lowest BCUT2D eigenvalue weighted by molar-refractivity contribution is -0.386. The molecule has 0 aromatic carbocycles. The Morgan fingerprint density at radius 3 is 2.71 bits per heavy atom. The van der Waals surface area contributed by atoms with Crippen LogP contribution >= 0.6 is 0 Å². The minimum absolute atomic E-state index is 0.0837. The molecule has 0 aliphatic heterocycles. The first-order valence-electron chi connectivity index (χ1n) is 6.54. The van der Waals surface area contributed by atoms with Crippen molar-refractivity contribution in [1.29, 1.82) is 0 Å². The Labute approximate surface area is 120 Å². The molecule has 1 aromatic heterocycles. The first-order valence-corrected chi connectivity index (χ1v) is 6.54. The standard InChI is InChI=1S/C12H17N3O6/c1-8-9(15(18)19)10(21-7-3-6-16)13-14(8)12(4-5-12)11(17)20-2/h16H,3-7H2,1-2H3. The Morgan fingerprint density at radius 1 is 1.57 bits per heavy atom. The van der Waals surface area contributed by atoms with E-state index in [1.807, 2.05) is 0 Å². The molecule has 0 bridgehead atoms. The number of aromatic nitrogens is 2. The topological polar surface area (TPSA) is 117 Å². The number of esters is 1. The maximum absolute atomic E-state index is 11.9.